The van der Waals surface area contributed by atoms with Crippen molar-refractivity contribution >= 4 is 34.5 Å². The third-order valence-corrected chi connectivity index (χ3v) is 11.8. The molecule has 298 valence electrons. The van der Waals surface area contributed by atoms with E-state index >= 15 is 0 Å². The van der Waals surface area contributed by atoms with Crippen LogP contribution in [0.3, 0.4) is 0 Å². The predicted octanol–water partition coefficient (Wildman–Crippen LogP) is 6.70. The van der Waals surface area contributed by atoms with Gasteiger partial charge in [-0.25, -0.2) is 14.6 Å². The molecule has 2 N–H and O–H groups in total. The number of hydrogen-bond acceptors (Lipinski definition) is 11. The van der Waals surface area contributed by atoms with Crippen molar-refractivity contribution in [3.8, 4) is 28.3 Å². The Labute approximate surface area is 339 Å². The zero-order valence-electron chi connectivity index (χ0n) is 32.7. The third-order valence-electron chi connectivity index (χ3n) is 11.8. The molecule has 0 saturated carbocycles. The first kappa shape index (κ1) is 37.8. The van der Waals surface area contributed by atoms with E-state index in [0.717, 1.165) is 38.8 Å². The Morgan fingerprint density at radius 1 is 0.949 bits per heavy atom. The lowest BCUT2D eigenvalue weighted by atomic mass is 9.86. The van der Waals surface area contributed by atoms with Crippen molar-refractivity contribution in [2.45, 2.75) is 57.5 Å². The van der Waals surface area contributed by atoms with Gasteiger partial charge in [-0.05, 0) is 77.1 Å². The number of esters is 3. The van der Waals surface area contributed by atoms with Crippen LogP contribution < -0.4 is 15.6 Å². The average molecular weight is 792 g/mol. The van der Waals surface area contributed by atoms with E-state index in [2.05, 4.69) is 29.6 Å². The number of aliphatic hydroxyl groups is 1. The number of hydrogen-bond donors (Lipinski definition) is 2. The lowest BCUT2D eigenvalue weighted by Gasteiger charge is -2.31. The van der Waals surface area contributed by atoms with Crippen LogP contribution in [0.4, 0.5) is 5.69 Å². The number of rotatable bonds is 11. The van der Waals surface area contributed by atoms with Crippen LogP contribution in [0.1, 0.15) is 71.2 Å². The topological polar surface area (TPSA) is 155 Å². The van der Waals surface area contributed by atoms with Gasteiger partial charge in [0.25, 0.3) is 5.56 Å². The first-order valence-electron chi connectivity index (χ1n) is 19.7. The van der Waals surface area contributed by atoms with Gasteiger partial charge in [0.15, 0.2) is 5.60 Å². The molecule has 6 aromatic rings. The number of benzene rings is 4. The van der Waals surface area contributed by atoms with Crippen molar-refractivity contribution in [3.05, 3.63) is 146 Å². The van der Waals surface area contributed by atoms with Gasteiger partial charge >= 0.3 is 17.9 Å². The molecule has 9 rings (SSSR count). The number of nitrogens with one attached hydrogen (secondary N) is 1. The van der Waals surface area contributed by atoms with E-state index in [9.17, 15) is 24.3 Å². The molecule has 12 heteroatoms. The average Bonchev–Trinajstić information content (AvgIpc) is 3.80. The number of cyclic esters (lactones) is 1. The fourth-order valence-electron chi connectivity index (χ4n) is 8.73. The van der Waals surface area contributed by atoms with E-state index in [1.54, 1.807) is 54.0 Å². The maximum Gasteiger partial charge on any atom is 0.351 e. The second-order valence-electron chi connectivity index (χ2n) is 15.0. The normalized spacial score (nSPS) is 16.6. The van der Waals surface area contributed by atoms with Crippen molar-refractivity contribution in [2.75, 3.05) is 25.6 Å². The van der Waals surface area contributed by atoms with Gasteiger partial charge in [0.05, 0.1) is 36.1 Å². The van der Waals surface area contributed by atoms with Crippen molar-refractivity contribution in [2.24, 2.45) is 0 Å². The quantitative estimate of drug-likeness (QED) is 0.106. The van der Waals surface area contributed by atoms with Crippen molar-refractivity contribution in [1.82, 2.24) is 9.55 Å². The zero-order chi connectivity index (χ0) is 41.0. The minimum Gasteiger partial charge on any atom is -0.474 e. The highest BCUT2D eigenvalue weighted by molar-refractivity contribution is 5.90. The maximum absolute atomic E-state index is 13.8. The molecule has 1 unspecified atom stereocenters. The molecule has 2 aromatic heterocycles. The minimum atomic E-state index is -1.92. The molecule has 2 aliphatic heterocycles. The summed E-state index contributed by atoms with van der Waals surface area (Å²) in [6, 6.07) is 30.4. The van der Waals surface area contributed by atoms with Gasteiger partial charge in [-0.2, -0.15) is 0 Å². The second-order valence-corrected chi connectivity index (χ2v) is 15.0. The molecule has 2 atom stereocenters. The van der Waals surface area contributed by atoms with Crippen LogP contribution in [-0.2, 0) is 53.8 Å². The van der Waals surface area contributed by atoms with E-state index in [1.807, 2.05) is 37.3 Å². The van der Waals surface area contributed by atoms with Gasteiger partial charge in [0.1, 0.15) is 25.5 Å². The molecule has 3 aliphatic rings. The standard InChI is InChI=1S/C47H41N3O9/c1-4-29-34-20-28(18-19-39(34)49-42-35(29)23-50-40(42)21-38-37(44(50)52)25-58-46(54)47(38,55)5-2)59-43(45(53)56-3)26-14-16-27(17-15-26)48-22-41(51)57-24-36-32-12-8-6-10-30(32)31-11-7-9-13-33(31)36/h6-21,36,43,48,55H,4-5,22-25H2,1-3H3/t43?,47-/m0/s1. The fraction of sp³-hybridized carbons (Fsp3) is 0.255. The summed E-state index contributed by atoms with van der Waals surface area (Å²) in [5, 5.41) is 15.2. The number of pyridine rings is 2. The number of fused-ring (bicyclic) bond motifs is 8. The monoisotopic (exact) mass is 791 g/mol. The molecule has 0 radical (unpaired) electrons. The number of ether oxygens (including phenoxy) is 4. The Kier molecular flexibility index (Phi) is 9.51. The summed E-state index contributed by atoms with van der Waals surface area (Å²) in [4.78, 5) is 57.3. The van der Waals surface area contributed by atoms with Gasteiger partial charge in [0.2, 0.25) is 6.10 Å². The third kappa shape index (κ3) is 6.31. The Morgan fingerprint density at radius 2 is 1.66 bits per heavy atom. The Morgan fingerprint density at radius 3 is 2.34 bits per heavy atom. The number of anilines is 1. The van der Waals surface area contributed by atoms with Crippen molar-refractivity contribution in [3.63, 3.8) is 0 Å². The van der Waals surface area contributed by atoms with Crippen LogP contribution in [0, 0.1) is 0 Å². The number of aryl methyl sites for hydroxylation is 1. The molecule has 4 aromatic carbocycles. The van der Waals surface area contributed by atoms with E-state index in [4.69, 9.17) is 23.9 Å². The number of nitrogens with zero attached hydrogens (tertiary/aromatic N) is 2. The lowest BCUT2D eigenvalue weighted by molar-refractivity contribution is -0.172. The molecule has 0 fully saturated rings. The lowest BCUT2D eigenvalue weighted by Crippen LogP contribution is -2.44. The Hall–Kier alpha value is -6.79. The molecule has 0 spiro atoms. The highest BCUT2D eigenvalue weighted by Crippen LogP contribution is 2.45. The molecule has 4 heterocycles. The molecule has 1 aliphatic carbocycles. The van der Waals surface area contributed by atoms with E-state index in [1.165, 1.54) is 7.11 Å². The highest BCUT2D eigenvalue weighted by Gasteiger charge is 2.45. The van der Waals surface area contributed by atoms with E-state index < -0.39 is 23.6 Å². The molecule has 12 nitrogen and oxygen atoms in total. The van der Waals surface area contributed by atoms with E-state index in [-0.39, 0.29) is 61.3 Å². The Bertz CT molecular complexity index is 2710. The number of carbonyl (C=O) groups is 3. The highest BCUT2D eigenvalue weighted by atomic mass is 16.6. The summed E-state index contributed by atoms with van der Waals surface area (Å²) in [6.07, 6.45) is -0.434. The zero-order valence-corrected chi connectivity index (χ0v) is 32.7. The SMILES string of the molecule is CCc1c2c(nc3ccc(OC(C(=O)OC)c4ccc(NCC(=O)OCC5c6ccccc6-c6ccccc65)cc4)cc13)-c1cc3c(c(=O)n1C2)COC(=O)[C@]3(O)CC. The van der Waals surface area contributed by atoms with Gasteiger partial charge in [-0.15, -0.1) is 0 Å². The summed E-state index contributed by atoms with van der Waals surface area (Å²) in [6.45, 7) is 3.94. The molecule has 0 bridgehead atoms. The number of methoxy groups -OCH3 is 1. The first-order chi connectivity index (χ1) is 28.6. The molecule has 59 heavy (non-hydrogen) atoms. The van der Waals surface area contributed by atoms with Crippen LogP contribution in [0.25, 0.3) is 33.4 Å². The van der Waals surface area contributed by atoms with Crippen LogP contribution >= 0.6 is 0 Å². The van der Waals surface area contributed by atoms with Gasteiger partial charge in [0, 0.05) is 33.7 Å². The predicted molar refractivity (Wildman–Crippen MR) is 219 cm³/mol. The summed E-state index contributed by atoms with van der Waals surface area (Å²) in [5.74, 6) is -1.38. The Balaban J connectivity index is 0.911. The summed E-state index contributed by atoms with van der Waals surface area (Å²) in [7, 11) is 1.30. The van der Waals surface area contributed by atoms with Gasteiger partial charge in [-0.3, -0.25) is 9.59 Å². The first-order valence-corrected chi connectivity index (χ1v) is 19.7. The van der Waals surface area contributed by atoms with Gasteiger partial charge in [-0.1, -0.05) is 74.5 Å². The minimum absolute atomic E-state index is 0.0307. The van der Waals surface area contributed by atoms with E-state index in [0.29, 0.717) is 40.3 Å². The second kappa shape index (κ2) is 14.9. The molecular weight excluding hydrogens is 751 g/mol. The van der Waals surface area contributed by atoms with Crippen LogP contribution in [0.5, 0.6) is 5.75 Å². The van der Waals surface area contributed by atoms with Crippen LogP contribution in [0.15, 0.2) is 102 Å². The summed E-state index contributed by atoms with van der Waals surface area (Å²) >= 11 is 0. The van der Waals surface area contributed by atoms with Crippen molar-refractivity contribution in [1.29, 1.82) is 0 Å². The molecule has 0 amide bonds. The van der Waals surface area contributed by atoms with Crippen LogP contribution in [0.2, 0.25) is 0 Å². The maximum atomic E-state index is 13.8. The molecule has 0 saturated heterocycles. The van der Waals surface area contributed by atoms with Crippen LogP contribution in [-0.4, -0.2) is 52.8 Å². The number of aromatic nitrogens is 2. The smallest absolute Gasteiger partial charge is 0.351 e. The largest absolute Gasteiger partial charge is 0.474 e. The van der Waals surface area contributed by atoms with Crippen molar-refractivity contribution < 1.29 is 38.4 Å². The number of carbonyl (C=O) groups excluding carboxylic acids is 3. The summed E-state index contributed by atoms with van der Waals surface area (Å²) < 4.78 is 24.0. The molecular formula is C47H41N3O9. The van der Waals surface area contributed by atoms with Gasteiger partial charge < -0.3 is 33.9 Å². The fourth-order valence-corrected chi connectivity index (χ4v) is 8.73. The summed E-state index contributed by atoms with van der Waals surface area (Å²) in [5.41, 5.74) is 7.70.